The van der Waals surface area contributed by atoms with Gasteiger partial charge in [0.15, 0.2) is 5.82 Å². The Morgan fingerprint density at radius 3 is 2.82 bits per heavy atom. The van der Waals surface area contributed by atoms with Gasteiger partial charge < -0.3 is 10.1 Å². The minimum atomic E-state index is -0.500. The van der Waals surface area contributed by atoms with Crippen LogP contribution < -0.4 is 5.32 Å². The Labute approximate surface area is 168 Å². The summed E-state index contributed by atoms with van der Waals surface area (Å²) < 4.78 is 6.61. The normalized spacial score (nSPS) is 10.6. The maximum absolute atomic E-state index is 12.4. The van der Waals surface area contributed by atoms with Crippen molar-refractivity contribution in [3.05, 3.63) is 47.0 Å². The van der Waals surface area contributed by atoms with E-state index in [9.17, 15) is 4.79 Å². The molecule has 1 heterocycles. The van der Waals surface area contributed by atoms with Crippen LogP contribution in [0.15, 0.2) is 36.4 Å². The number of nitriles is 1. The summed E-state index contributed by atoms with van der Waals surface area (Å²) in [5.74, 6) is 0.565. The van der Waals surface area contributed by atoms with E-state index in [1.54, 1.807) is 31.3 Å². The van der Waals surface area contributed by atoms with Gasteiger partial charge in [-0.25, -0.2) is 4.79 Å². The lowest BCUT2D eigenvalue weighted by Gasteiger charge is -2.07. The number of ether oxygens (including phenoxy) is 1. The van der Waals surface area contributed by atoms with Crippen molar-refractivity contribution in [3.63, 3.8) is 0 Å². The van der Waals surface area contributed by atoms with Crippen LogP contribution in [0.5, 0.6) is 0 Å². The lowest BCUT2D eigenvalue weighted by atomic mass is 10.0. The molecule has 3 aromatic rings. The largest absolute Gasteiger partial charge is 0.448 e. The summed E-state index contributed by atoms with van der Waals surface area (Å²) in [6.07, 6.45) is 2.41. The minimum Gasteiger partial charge on any atom is -0.448 e. The van der Waals surface area contributed by atoms with Gasteiger partial charge in [0.25, 0.3) is 0 Å². The van der Waals surface area contributed by atoms with Gasteiger partial charge in [0, 0.05) is 23.0 Å². The number of carbonyl (C=O) groups is 1. The molecule has 2 aromatic carbocycles. The molecule has 0 bridgehead atoms. The Balaban J connectivity index is 1.99. The summed E-state index contributed by atoms with van der Waals surface area (Å²) in [4.78, 5) is 12.4. The van der Waals surface area contributed by atoms with Crippen molar-refractivity contribution < 1.29 is 9.53 Å². The molecule has 3 rings (SSSR count). The Hall–Kier alpha value is -3.04. The van der Waals surface area contributed by atoms with Crippen LogP contribution in [0.1, 0.15) is 31.7 Å². The molecule has 7 heteroatoms. The first-order chi connectivity index (χ1) is 13.6. The third-order valence-corrected chi connectivity index (χ3v) is 4.80. The Bertz CT molecular complexity index is 1050. The monoisotopic (exact) mass is 396 g/mol. The van der Waals surface area contributed by atoms with Crippen molar-refractivity contribution >= 4 is 34.4 Å². The van der Waals surface area contributed by atoms with Gasteiger partial charge in [0.1, 0.15) is 0 Å². The van der Waals surface area contributed by atoms with Crippen molar-refractivity contribution in [1.82, 2.24) is 9.78 Å². The number of unbranched alkanes of at least 4 members (excludes halogenated alkanes) is 2. The first-order valence-electron chi connectivity index (χ1n) is 9.16. The molecule has 0 radical (unpaired) electrons. The number of nitrogens with one attached hydrogen (secondary N) is 1. The summed E-state index contributed by atoms with van der Waals surface area (Å²) >= 11 is 6.33. The van der Waals surface area contributed by atoms with Crippen LogP contribution in [0.3, 0.4) is 0 Å². The predicted molar refractivity (Wildman–Crippen MR) is 111 cm³/mol. The van der Waals surface area contributed by atoms with Gasteiger partial charge in [0.2, 0.25) is 0 Å². The predicted octanol–water partition coefficient (Wildman–Crippen LogP) is 5.44. The zero-order valence-corrected chi connectivity index (χ0v) is 16.6. The van der Waals surface area contributed by atoms with Crippen molar-refractivity contribution in [2.45, 2.75) is 26.2 Å². The molecule has 1 N–H and O–H groups in total. The highest BCUT2D eigenvalue weighted by atomic mass is 35.5. The highest BCUT2D eigenvalue weighted by Gasteiger charge is 2.17. The summed E-state index contributed by atoms with van der Waals surface area (Å²) in [5.41, 5.74) is 2.75. The van der Waals surface area contributed by atoms with E-state index in [2.05, 4.69) is 23.4 Å². The quantitative estimate of drug-likeness (QED) is 0.560. The maximum Gasteiger partial charge on any atom is 0.435 e. The van der Waals surface area contributed by atoms with Crippen molar-refractivity contribution in [3.8, 4) is 17.2 Å². The lowest BCUT2D eigenvalue weighted by molar-refractivity contribution is 0.143. The molecule has 0 fully saturated rings. The Morgan fingerprint density at radius 2 is 2.11 bits per heavy atom. The molecule has 6 nitrogen and oxygen atoms in total. The third kappa shape index (κ3) is 3.95. The number of benzene rings is 2. The molecule has 0 amide bonds. The molecular weight excluding hydrogens is 376 g/mol. The van der Waals surface area contributed by atoms with E-state index < -0.39 is 6.09 Å². The Kier molecular flexibility index (Phi) is 6.17. The number of carbonyl (C=O) groups excluding carboxylic acids is 1. The summed E-state index contributed by atoms with van der Waals surface area (Å²) in [6.45, 7) is 2.47. The standard InChI is InChI=1S/C21H21ClN4O2/c1-3-4-5-10-28-21(27)26-19-9-7-15(12-17(19)20(24-2)25-26)16-11-14(13-23)6-8-18(16)22/h6-9,11-12H,3-5,10H2,1-2H3,(H,24,25). The molecule has 0 saturated heterocycles. The van der Waals surface area contributed by atoms with Gasteiger partial charge >= 0.3 is 6.09 Å². The first-order valence-corrected chi connectivity index (χ1v) is 9.54. The number of nitrogens with zero attached hydrogens (tertiary/aromatic N) is 3. The van der Waals surface area contributed by atoms with Gasteiger partial charge in [-0.3, -0.25) is 0 Å². The number of anilines is 1. The summed E-state index contributed by atoms with van der Waals surface area (Å²) in [6, 6.07) is 12.8. The van der Waals surface area contributed by atoms with Crippen LogP contribution in [0.4, 0.5) is 10.6 Å². The molecule has 0 aliphatic rings. The molecule has 0 aliphatic heterocycles. The highest BCUT2D eigenvalue weighted by molar-refractivity contribution is 6.33. The van der Waals surface area contributed by atoms with Gasteiger partial charge in [-0.15, -0.1) is 5.10 Å². The number of aromatic nitrogens is 2. The molecule has 0 spiro atoms. The molecule has 1 aromatic heterocycles. The number of halogens is 1. The van der Waals surface area contributed by atoms with E-state index in [4.69, 9.17) is 21.6 Å². The fourth-order valence-corrected chi connectivity index (χ4v) is 3.22. The van der Waals surface area contributed by atoms with Gasteiger partial charge in [-0.05, 0) is 42.3 Å². The average Bonchev–Trinajstić information content (AvgIpc) is 3.09. The van der Waals surface area contributed by atoms with Crippen LogP contribution >= 0.6 is 11.6 Å². The molecule has 0 aliphatic carbocycles. The fourth-order valence-electron chi connectivity index (χ4n) is 3.00. The SMILES string of the molecule is CCCCCOC(=O)n1nc(NC)c2cc(-c3cc(C#N)ccc3Cl)ccc21. The van der Waals surface area contributed by atoms with E-state index in [0.29, 0.717) is 28.5 Å². The number of hydrogen-bond acceptors (Lipinski definition) is 5. The van der Waals surface area contributed by atoms with Gasteiger partial charge in [0.05, 0.1) is 23.8 Å². The number of rotatable bonds is 6. The van der Waals surface area contributed by atoms with Crippen molar-refractivity contribution in [2.24, 2.45) is 0 Å². The third-order valence-electron chi connectivity index (χ3n) is 4.47. The Morgan fingerprint density at radius 1 is 1.29 bits per heavy atom. The second kappa shape index (κ2) is 8.77. The van der Waals surface area contributed by atoms with E-state index in [-0.39, 0.29) is 0 Å². The van der Waals surface area contributed by atoms with Crippen LogP contribution in [-0.2, 0) is 4.74 Å². The molecule has 0 unspecified atom stereocenters. The van der Waals surface area contributed by atoms with Gasteiger partial charge in [-0.2, -0.15) is 9.94 Å². The van der Waals surface area contributed by atoms with E-state index in [1.807, 2.05) is 12.1 Å². The van der Waals surface area contributed by atoms with Crippen molar-refractivity contribution in [2.75, 3.05) is 19.0 Å². The molecule has 144 valence electrons. The second-order valence-corrected chi connectivity index (χ2v) is 6.78. The molecule has 0 atom stereocenters. The van der Waals surface area contributed by atoms with Crippen LogP contribution in [-0.4, -0.2) is 29.5 Å². The maximum atomic E-state index is 12.4. The van der Waals surface area contributed by atoms with E-state index in [1.165, 1.54) is 4.68 Å². The van der Waals surface area contributed by atoms with Crippen LogP contribution in [0.25, 0.3) is 22.0 Å². The molecule has 0 saturated carbocycles. The molecular formula is C21H21ClN4O2. The zero-order chi connectivity index (χ0) is 20.1. The fraction of sp³-hybridized carbons (Fsp3) is 0.286. The smallest absolute Gasteiger partial charge is 0.435 e. The number of hydrogen-bond donors (Lipinski definition) is 1. The zero-order valence-electron chi connectivity index (χ0n) is 15.8. The first kappa shape index (κ1) is 19.7. The number of fused-ring (bicyclic) bond motifs is 1. The lowest BCUT2D eigenvalue weighted by Crippen LogP contribution is -2.16. The molecule has 28 heavy (non-hydrogen) atoms. The van der Waals surface area contributed by atoms with E-state index >= 15 is 0 Å². The topological polar surface area (TPSA) is 79.9 Å². The average molecular weight is 397 g/mol. The minimum absolute atomic E-state index is 0.373. The highest BCUT2D eigenvalue weighted by Crippen LogP contribution is 2.33. The second-order valence-electron chi connectivity index (χ2n) is 6.37. The van der Waals surface area contributed by atoms with Crippen LogP contribution in [0.2, 0.25) is 5.02 Å². The van der Waals surface area contributed by atoms with E-state index in [0.717, 1.165) is 35.8 Å². The van der Waals surface area contributed by atoms with Gasteiger partial charge in [-0.1, -0.05) is 37.4 Å². The summed E-state index contributed by atoms with van der Waals surface area (Å²) in [7, 11) is 1.74. The van der Waals surface area contributed by atoms with Crippen LogP contribution in [0, 0.1) is 11.3 Å². The van der Waals surface area contributed by atoms with Crippen molar-refractivity contribution in [1.29, 1.82) is 5.26 Å². The summed E-state index contributed by atoms with van der Waals surface area (Å²) in [5, 5.41) is 17.8.